The van der Waals surface area contributed by atoms with Crippen LogP contribution >= 0.6 is 0 Å². The van der Waals surface area contributed by atoms with Gasteiger partial charge in [-0.05, 0) is 48.7 Å². The third kappa shape index (κ3) is 5.17. The summed E-state index contributed by atoms with van der Waals surface area (Å²) in [5.41, 5.74) is 4.52. The number of ether oxygens (including phenoxy) is 1. The van der Waals surface area contributed by atoms with Gasteiger partial charge in [0.1, 0.15) is 12.6 Å². The van der Waals surface area contributed by atoms with Gasteiger partial charge in [-0.2, -0.15) is 0 Å². The highest BCUT2D eigenvalue weighted by atomic mass is 16.5. The number of fused-ring (bicyclic) bond motifs is 3. The molecule has 33 heavy (non-hydrogen) atoms. The number of nitrogens with zero attached hydrogens (tertiary/aromatic N) is 1. The summed E-state index contributed by atoms with van der Waals surface area (Å²) in [7, 11) is 3.61. The van der Waals surface area contributed by atoms with Gasteiger partial charge in [0.05, 0.1) is 5.92 Å². The monoisotopic (exact) mass is 451 g/mol. The van der Waals surface area contributed by atoms with Crippen LogP contribution in [0, 0.1) is 11.8 Å². The van der Waals surface area contributed by atoms with Crippen LogP contribution in [-0.2, 0) is 14.3 Å². The zero-order chi connectivity index (χ0) is 23.5. The van der Waals surface area contributed by atoms with Gasteiger partial charge >= 0.3 is 12.1 Å². The molecule has 2 aromatic rings. The van der Waals surface area contributed by atoms with Crippen LogP contribution < -0.4 is 10.6 Å². The summed E-state index contributed by atoms with van der Waals surface area (Å²) in [4.78, 5) is 38.0. The normalized spacial score (nSPS) is 19.4. The van der Waals surface area contributed by atoms with E-state index in [-0.39, 0.29) is 30.9 Å². The van der Waals surface area contributed by atoms with E-state index in [4.69, 9.17) is 9.84 Å². The van der Waals surface area contributed by atoms with Crippen LogP contribution in [-0.4, -0.2) is 67.8 Å². The third-order valence-corrected chi connectivity index (χ3v) is 6.28. The zero-order valence-corrected chi connectivity index (χ0v) is 18.8. The van der Waals surface area contributed by atoms with Crippen molar-refractivity contribution in [3.63, 3.8) is 0 Å². The molecule has 2 aliphatic carbocycles. The minimum atomic E-state index is -0.837. The molecular formula is C25H29N3O5. The van der Waals surface area contributed by atoms with Gasteiger partial charge in [0.15, 0.2) is 0 Å². The lowest BCUT2D eigenvalue weighted by Gasteiger charge is -2.22. The smallest absolute Gasteiger partial charge is 0.407 e. The standard InChI is InChI=1S/C25H29N3O5/c1-28(2)13-22(23(29)26-12-15-11-20(15)24(30)31)27-25(32)33-14-21-18-9-5-3-7-16(18)17-8-4-6-10-19(17)21/h3-10,15,20-22H,11-14H2,1-2H3,(H,26,29)(H,27,32)(H,30,31)/t15-,20-,22?/m0/s1. The van der Waals surface area contributed by atoms with Crippen LogP contribution in [0.3, 0.4) is 0 Å². The van der Waals surface area contributed by atoms with E-state index < -0.39 is 24.0 Å². The summed E-state index contributed by atoms with van der Waals surface area (Å²) < 4.78 is 5.56. The number of rotatable bonds is 9. The van der Waals surface area contributed by atoms with Crippen molar-refractivity contribution in [1.29, 1.82) is 0 Å². The summed E-state index contributed by atoms with van der Waals surface area (Å²) in [6, 6.07) is 15.4. The Morgan fingerprint density at radius 2 is 1.67 bits per heavy atom. The molecular weight excluding hydrogens is 422 g/mol. The Morgan fingerprint density at radius 1 is 1.06 bits per heavy atom. The Kier molecular flexibility index (Phi) is 6.65. The van der Waals surface area contributed by atoms with E-state index >= 15 is 0 Å². The molecule has 0 saturated heterocycles. The number of benzene rings is 2. The molecule has 8 heteroatoms. The van der Waals surface area contributed by atoms with Crippen LogP contribution in [0.25, 0.3) is 11.1 Å². The Labute approximate surface area is 192 Å². The summed E-state index contributed by atoms with van der Waals surface area (Å²) >= 11 is 0. The van der Waals surface area contributed by atoms with Gasteiger partial charge in [-0.3, -0.25) is 9.59 Å². The Morgan fingerprint density at radius 3 is 2.21 bits per heavy atom. The molecule has 3 N–H and O–H groups in total. The van der Waals surface area contributed by atoms with Gasteiger partial charge in [0, 0.05) is 19.0 Å². The maximum absolute atomic E-state index is 12.7. The minimum Gasteiger partial charge on any atom is -0.481 e. The Bertz CT molecular complexity index is 1010. The number of likely N-dealkylation sites (N-methyl/N-ethyl adjacent to an activating group) is 1. The number of nitrogens with one attached hydrogen (secondary N) is 2. The van der Waals surface area contributed by atoms with Gasteiger partial charge in [-0.1, -0.05) is 48.5 Å². The van der Waals surface area contributed by atoms with Crippen molar-refractivity contribution in [2.45, 2.75) is 18.4 Å². The fraction of sp³-hybridized carbons (Fsp3) is 0.400. The molecule has 1 saturated carbocycles. The predicted octanol–water partition coefficient (Wildman–Crippen LogP) is 2.29. The van der Waals surface area contributed by atoms with Gasteiger partial charge in [-0.15, -0.1) is 0 Å². The second-order valence-corrected chi connectivity index (χ2v) is 8.97. The van der Waals surface area contributed by atoms with E-state index in [0.717, 1.165) is 22.3 Å². The molecule has 0 aliphatic heterocycles. The molecule has 2 aromatic carbocycles. The first kappa shape index (κ1) is 22.8. The summed E-state index contributed by atoms with van der Waals surface area (Å²) in [6.07, 6.45) is -0.0954. The van der Waals surface area contributed by atoms with Crippen LogP contribution in [0.4, 0.5) is 4.79 Å². The van der Waals surface area contributed by atoms with Crippen LogP contribution in [0.1, 0.15) is 23.5 Å². The first-order chi connectivity index (χ1) is 15.8. The number of amides is 2. The van der Waals surface area contributed by atoms with Gasteiger partial charge < -0.3 is 25.4 Å². The topological polar surface area (TPSA) is 108 Å². The Hall–Kier alpha value is -3.39. The zero-order valence-electron chi connectivity index (χ0n) is 18.8. The van der Waals surface area contributed by atoms with Crippen molar-refractivity contribution in [3.8, 4) is 11.1 Å². The molecule has 8 nitrogen and oxygen atoms in total. The summed E-state index contributed by atoms with van der Waals surface area (Å²) in [6.45, 7) is 0.744. The second kappa shape index (κ2) is 9.62. The number of carbonyl (C=O) groups excluding carboxylic acids is 2. The highest BCUT2D eigenvalue weighted by Crippen LogP contribution is 2.44. The number of aliphatic carboxylic acids is 1. The van der Waals surface area contributed by atoms with E-state index in [9.17, 15) is 14.4 Å². The summed E-state index contributed by atoms with van der Waals surface area (Å²) in [5, 5.41) is 14.4. The van der Waals surface area contributed by atoms with Crippen LogP contribution in [0.2, 0.25) is 0 Å². The van der Waals surface area contributed by atoms with Crippen LogP contribution in [0.5, 0.6) is 0 Å². The molecule has 1 unspecified atom stereocenters. The first-order valence-electron chi connectivity index (χ1n) is 11.1. The number of carboxylic acids is 1. The van der Waals surface area contributed by atoms with Crippen molar-refractivity contribution < 1.29 is 24.2 Å². The molecule has 3 atom stereocenters. The van der Waals surface area contributed by atoms with E-state index in [1.807, 2.05) is 36.4 Å². The van der Waals surface area contributed by atoms with E-state index in [2.05, 4.69) is 22.8 Å². The van der Waals surface area contributed by atoms with Crippen molar-refractivity contribution in [1.82, 2.24) is 15.5 Å². The number of hydrogen-bond donors (Lipinski definition) is 3. The summed E-state index contributed by atoms with van der Waals surface area (Å²) in [5.74, 6) is -1.70. The molecule has 0 spiro atoms. The number of carbonyl (C=O) groups is 3. The predicted molar refractivity (Wildman–Crippen MR) is 123 cm³/mol. The molecule has 0 radical (unpaired) electrons. The Balaban J connectivity index is 1.35. The molecule has 2 aliphatic rings. The van der Waals surface area contributed by atoms with Gasteiger partial charge in [0.2, 0.25) is 5.91 Å². The SMILES string of the molecule is CN(C)CC(NC(=O)OCC1c2ccccc2-c2ccccc21)C(=O)NC[C@@H]1C[C@@H]1C(=O)O. The molecule has 0 aromatic heterocycles. The van der Waals surface area contributed by atoms with Gasteiger partial charge in [-0.25, -0.2) is 4.79 Å². The lowest BCUT2D eigenvalue weighted by atomic mass is 9.98. The quantitative estimate of drug-likeness (QED) is 0.540. The maximum atomic E-state index is 12.7. The highest BCUT2D eigenvalue weighted by molar-refractivity contribution is 5.86. The minimum absolute atomic E-state index is 0.0547. The molecule has 2 amide bonds. The van der Waals surface area contributed by atoms with E-state index in [1.165, 1.54) is 0 Å². The third-order valence-electron chi connectivity index (χ3n) is 6.28. The largest absolute Gasteiger partial charge is 0.481 e. The number of hydrogen-bond acceptors (Lipinski definition) is 5. The first-order valence-corrected chi connectivity index (χ1v) is 11.1. The fourth-order valence-electron chi connectivity index (χ4n) is 4.47. The lowest BCUT2D eigenvalue weighted by molar-refractivity contribution is -0.139. The average molecular weight is 452 g/mol. The van der Waals surface area contributed by atoms with Gasteiger partial charge in [0.25, 0.3) is 0 Å². The fourth-order valence-corrected chi connectivity index (χ4v) is 4.47. The molecule has 0 bridgehead atoms. The van der Waals surface area contributed by atoms with Crippen molar-refractivity contribution in [2.75, 3.05) is 33.8 Å². The second-order valence-electron chi connectivity index (χ2n) is 8.97. The molecule has 0 heterocycles. The van der Waals surface area contributed by atoms with E-state index in [0.29, 0.717) is 13.0 Å². The van der Waals surface area contributed by atoms with Crippen LogP contribution in [0.15, 0.2) is 48.5 Å². The van der Waals surface area contributed by atoms with Crippen molar-refractivity contribution in [3.05, 3.63) is 59.7 Å². The molecule has 174 valence electrons. The average Bonchev–Trinajstić information content (AvgIpc) is 3.51. The van der Waals surface area contributed by atoms with Crippen molar-refractivity contribution >= 4 is 18.0 Å². The molecule has 1 fully saturated rings. The van der Waals surface area contributed by atoms with Crippen molar-refractivity contribution in [2.24, 2.45) is 11.8 Å². The molecule has 4 rings (SSSR count). The number of alkyl carbamates (subject to hydrolysis) is 1. The highest BCUT2D eigenvalue weighted by Gasteiger charge is 2.43. The maximum Gasteiger partial charge on any atom is 0.407 e. The lowest BCUT2D eigenvalue weighted by Crippen LogP contribution is -2.52. The number of carboxylic acid groups (broad SMARTS) is 1. The van der Waals surface area contributed by atoms with E-state index in [1.54, 1.807) is 19.0 Å².